The molecule has 1 unspecified atom stereocenters. The van der Waals surface area contributed by atoms with Crippen molar-refractivity contribution in [2.45, 2.75) is 13.0 Å². The molecule has 0 bridgehead atoms. The Bertz CT molecular complexity index is 1170. The fraction of sp³-hybridized carbons (Fsp3) is 0.136. The lowest BCUT2D eigenvalue weighted by atomic mass is 10.2. The maximum atomic E-state index is 13.0. The summed E-state index contributed by atoms with van der Waals surface area (Å²) < 4.78 is 31.8. The van der Waals surface area contributed by atoms with Gasteiger partial charge in [-0.3, -0.25) is 9.10 Å². The van der Waals surface area contributed by atoms with Crippen LogP contribution in [0.1, 0.15) is 6.92 Å². The molecule has 0 aliphatic heterocycles. The van der Waals surface area contributed by atoms with E-state index >= 15 is 0 Å². The largest absolute Gasteiger partial charge is 0.455 e. The maximum absolute atomic E-state index is 13.0. The van der Waals surface area contributed by atoms with Gasteiger partial charge in [0.05, 0.1) is 17.6 Å². The molecule has 1 N–H and O–H groups in total. The Labute approximate surface area is 191 Å². The van der Waals surface area contributed by atoms with Crippen molar-refractivity contribution in [3.05, 3.63) is 82.8 Å². The predicted octanol–water partition coefficient (Wildman–Crippen LogP) is 5.58. The number of para-hydroxylation sites is 1. The minimum absolute atomic E-state index is 0.317. The van der Waals surface area contributed by atoms with Gasteiger partial charge >= 0.3 is 0 Å². The third-order valence-electron chi connectivity index (χ3n) is 4.34. The van der Waals surface area contributed by atoms with E-state index in [0.717, 1.165) is 10.6 Å². The maximum Gasteiger partial charge on any atom is 0.248 e. The number of carbonyl (C=O) groups is 1. The van der Waals surface area contributed by atoms with Crippen LogP contribution in [0.15, 0.2) is 72.8 Å². The molecule has 162 valence electrons. The Hall–Kier alpha value is -2.74. The van der Waals surface area contributed by atoms with Gasteiger partial charge in [0.25, 0.3) is 0 Å². The second-order valence-electron chi connectivity index (χ2n) is 6.76. The summed E-state index contributed by atoms with van der Waals surface area (Å²) in [6.45, 7) is 1.49. The molecule has 0 aliphatic rings. The van der Waals surface area contributed by atoms with Crippen molar-refractivity contribution in [3.63, 3.8) is 0 Å². The molecule has 3 aromatic carbocycles. The van der Waals surface area contributed by atoms with Crippen LogP contribution in [0.3, 0.4) is 0 Å². The van der Waals surface area contributed by atoms with Gasteiger partial charge in [0.15, 0.2) is 5.75 Å². The number of anilines is 2. The van der Waals surface area contributed by atoms with Gasteiger partial charge in [-0.2, -0.15) is 0 Å². The molecular formula is C22H20Cl2N2O4S. The summed E-state index contributed by atoms with van der Waals surface area (Å²) in [5, 5.41) is 3.57. The molecule has 0 aliphatic carbocycles. The second-order valence-corrected chi connectivity index (χ2v) is 9.49. The van der Waals surface area contributed by atoms with Gasteiger partial charge in [0, 0.05) is 10.0 Å². The number of hydrogen-bond acceptors (Lipinski definition) is 4. The third kappa shape index (κ3) is 5.91. The lowest BCUT2D eigenvalue weighted by Gasteiger charge is -2.28. The van der Waals surface area contributed by atoms with Crippen LogP contribution in [0.4, 0.5) is 11.4 Å². The van der Waals surface area contributed by atoms with E-state index in [2.05, 4.69) is 5.32 Å². The molecular weight excluding hydrogens is 459 g/mol. The fourth-order valence-electron chi connectivity index (χ4n) is 2.94. The lowest BCUT2D eigenvalue weighted by Crippen LogP contribution is -2.45. The van der Waals surface area contributed by atoms with Gasteiger partial charge in [-0.15, -0.1) is 0 Å². The Balaban J connectivity index is 1.89. The van der Waals surface area contributed by atoms with Gasteiger partial charge in [0.2, 0.25) is 15.9 Å². The minimum Gasteiger partial charge on any atom is -0.455 e. The Morgan fingerprint density at radius 3 is 2.19 bits per heavy atom. The van der Waals surface area contributed by atoms with Crippen molar-refractivity contribution in [1.82, 2.24) is 0 Å². The van der Waals surface area contributed by atoms with E-state index in [-0.39, 0.29) is 0 Å². The van der Waals surface area contributed by atoms with Gasteiger partial charge < -0.3 is 10.1 Å². The Kier molecular flexibility index (Phi) is 7.10. The first-order valence-electron chi connectivity index (χ1n) is 9.23. The predicted molar refractivity (Wildman–Crippen MR) is 125 cm³/mol. The van der Waals surface area contributed by atoms with E-state index in [0.29, 0.717) is 32.9 Å². The number of sulfonamides is 1. The van der Waals surface area contributed by atoms with E-state index in [1.54, 1.807) is 36.4 Å². The normalized spacial score (nSPS) is 12.1. The van der Waals surface area contributed by atoms with E-state index in [9.17, 15) is 13.2 Å². The zero-order chi connectivity index (χ0) is 22.6. The summed E-state index contributed by atoms with van der Waals surface area (Å²) in [7, 11) is -3.76. The van der Waals surface area contributed by atoms with Crippen molar-refractivity contribution in [2.24, 2.45) is 0 Å². The van der Waals surface area contributed by atoms with Crippen LogP contribution in [0, 0.1) is 0 Å². The first kappa shape index (κ1) is 22.9. The van der Waals surface area contributed by atoms with Crippen LogP contribution in [0.25, 0.3) is 0 Å². The van der Waals surface area contributed by atoms with Crippen molar-refractivity contribution in [1.29, 1.82) is 0 Å². The topological polar surface area (TPSA) is 75.7 Å². The van der Waals surface area contributed by atoms with Crippen LogP contribution in [-0.4, -0.2) is 26.6 Å². The van der Waals surface area contributed by atoms with Crippen LogP contribution in [0.2, 0.25) is 10.0 Å². The average molecular weight is 479 g/mol. The van der Waals surface area contributed by atoms with E-state index < -0.39 is 22.0 Å². The summed E-state index contributed by atoms with van der Waals surface area (Å²) in [5.41, 5.74) is 0.638. The first-order chi connectivity index (χ1) is 14.6. The molecule has 0 heterocycles. The third-order valence-corrected chi connectivity index (χ3v) is 6.07. The molecule has 1 amide bonds. The number of amides is 1. The molecule has 0 spiro atoms. The zero-order valence-electron chi connectivity index (χ0n) is 16.7. The standard InChI is InChI=1S/C22H20Cl2N2O4S/c1-15(26(31(2,28)29)18-11-8-16(23)9-12-18)22(27)25-20-14-17(24)10-13-21(20)30-19-6-4-3-5-7-19/h3-15H,1-2H3,(H,25,27). The number of ether oxygens (including phenoxy) is 1. The molecule has 0 fully saturated rings. The molecule has 0 saturated heterocycles. The summed E-state index contributed by atoms with van der Waals surface area (Å²) in [6.07, 6.45) is 1.04. The van der Waals surface area contributed by atoms with E-state index in [1.165, 1.54) is 25.1 Å². The zero-order valence-corrected chi connectivity index (χ0v) is 19.1. The number of halogens is 2. The van der Waals surface area contributed by atoms with Crippen LogP contribution < -0.4 is 14.4 Å². The molecule has 0 saturated carbocycles. The quantitative estimate of drug-likeness (QED) is 0.480. The number of carbonyl (C=O) groups excluding carboxylic acids is 1. The molecule has 9 heteroatoms. The molecule has 1 atom stereocenters. The number of rotatable bonds is 7. The van der Waals surface area contributed by atoms with Crippen LogP contribution >= 0.6 is 23.2 Å². The van der Waals surface area contributed by atoms with Crippen molar-refractivity contribution in [3.8, 4) is 11.5 Å². The number of benzene rings is 3. The number of nitrogens with zero attached hydrogens (tertiary/aromatic N) is 1. The molecule has 3 rings (SSSR count). The summed E-state index contributed by atoms with van der Waals surface area (Å²) in [6, 6.07) is 19.0. The van der Waals surface area contributed by atoms with Gasteiger partial charge in [0.1, 0.15) is 11.8 Å². The highest BCUT2D eigenvalue weighted by atomic mass is 35.5. The molecule has 6 nitrogen and oxygen atoms in total. The van der Waals surface area contributed by atoms with E-state index in [4.69, 9.17) is 27.9 Å². The Morgan fingerprint density at radius 1 is 0.968 bits per heavy atom. The number of nitrogens with one attached hydrogen (secondary N) is 1. The summed E-state index contributed by atoms with van der Waals surface area (Å²) >= 11 is 12.0. The highest BCUT2D eigenvalue weighted by Gasteiger charge is 2.29. The fourth-order valence-corrected chi connectivity index (χ4v) is 4.41. The lowest BCUT2D eigenvalue weighted by molar-refractivity contribution is -0.116. The van der Waals surface area contributed by atoms with Gasteiger partial charge in [-0.25, -0.2) is 8.42 Å². The average Bonchev–Trinajstić information content (AvgIpc) is 2.71. The second kappa shape index (κ2) is 9.60. The van der Waals surface area contributed by atoms with E-state index in [1.807, 2.05) is 18.2 Å². The van der Waals surface area contributed by atoms with Crippen LogP contribution in [0.5, 0.6) is 11.5 Å². The highest BCUT2D eigenvalue weighted by molar-refractivity contribution is 7.92. The van der Waals surface area contributed by atoms with Crippen LogP contribution in [-0.2, 0) is 14.8 Å². The smallest absolute Gasteiger partial charge is 0.248 e. The van der Waals surface area contributed by atoms with Gasteiger partial charge in [-0.1, -0.05) is 41.4 Å². The molecule has 0 aromatic heterocycles. The van der Waals surface area contributed by atoms with Crippen molar-refractivity contribution >= 4 is 50.5 Å². The molecule has 0 radical (unpaired) electrons. The first-order valence-corrected chi connectivity index (χ1v) is 11.8. The van der Waals surface area contributed by atoms with Crippen molar-refractivity contribution < 1.29 is 17.9 Å². The van der Waals surface area contributed by atoms with Gasteiger partial charge in [-0.05, 0) is 61.5 Å². The molecule has 31 heavy (non-hydrogen) atoms. The monoisotopic (exact) mass is 478 g/mol. The minimum atomic E-state index is -3.76. The summed E-state index contributed by atoms with van der Waals surface area (Å²) in [4.78, 5) is 13.0. The highest BCUT2D eigenvalue weighted by Crippen LogP contribution is 2.32. The van der Waals surface area contributed by atoms with Crippen molar-refractivity contribution in [2.75, 3.05) is 15.9 Å². The Morgan fingerprint density at radius 2 is 1.58 bits per heavy atom. The number of hydrogen-bond donors (Lipinski definition) is 1. The summed E-state index contributed by atoms with van der Waals surface area (Å²) in [5.74, 6) is 0.390. The SMILES string of the molecule is CC(C(=O)Nc1cc(Cl)ccc1Oc1ccccc1)N(c1ccc(Cl)cc1)S(C)(=O)=O. The molecule has 3 aromatic rings.